The number of unbranched alkanes of at least 4 members (excludes halogenated alkanes) is 3. The number of rotatable bonds is 20. The van der Waals surface area contributed by atoms with Crippen molar-refractivity contribution >= 4 is 23.7 Å². The van der Waals surface area contributed by atoms with Crippen LogP contribution >= 0.6 is 0 Å². The van der Waals surface area contributed by atoms with Gasteiger partial charge >= 0.3 is 5.97 Å². The molecule has 7 atom stereocenters. The van der Waals surface area contributed by atoms with E-state index >= 15 is 0 Å². The summed E-state index contributed by atoms with van der Waals surface area (Å²) in [6, 6.07) is 7.79. The van der Waals surface area contributed by atoms with Crippen LogP contribution in [-0.2, 0) is 28.7 Å². The zero-order valence-electron chi connectivity index (χ0n) is 28.1. The van der Waals surface area contributed by atoms with E-state index < -0.39 is 35.6 Å². The van der Waals surface area contributed by atoms with Crippen LogP contribution in [-0.4, -0.2) is 88.7 Å². The lowest BCUT2D eigenvalue weighted by molar-refractivity contribution is -0.149. The number of hydrogen-bond donors (Lipinski definition) is 2. The number of nitrogens with zero attached hydrogens (tertiary/aromatic N) is 2. The monoisotopic (exact) mass is 651 g/mol. The number of likely N-dealkylation sites (tertiary alicyclic amines) is 1. The van der Waals surface area contributed by atoms with Gasteiger partial charge in [-0.05, 0) is 51.0 Å². The smallest absolute Gasteiger partial charge is 0.306 e. The van der Waals surface area contributed by atoms with Crippen LogP contribution in [0.5, 0.6) is 0 Å². The minimum absolute atomic E-state index is 0.0547. The van der Waals surface area contributed by atoms with Gasteiger partial charge in [-0.1, -0.05) is 68.7 Å². The first-order valence-corrected chi connectivity index (χ1v) is 17.4. The summed E-state index contributed by atoms with van der Waals surface area (Å²) >= 11 is 0. The molecule has 3 fully saturated rings. The third-order valence-corrected chi connectivity index (χ3v) is 9.97. The molecule has 2 bridgehead atoms. The quantitative estimate of drug-likeness (QED) is 0.121. The lowest BCUT2D eigenvalue weighted by atomic mass is 9.70. The maximum Gasteiger partial charge on any atom is 0.306 e. The van der Waals surface area contributed by atoms with Crippen molar-refractivity contribution in [3.05, 3.63) is 61.2 Å². The standard InChI is InChI=1S/C37H53N3O7/c1-5-8-19-30(42)46-25-28(27-17-12-11-13-18-27)38-34(43)31-29-20-21-37(47-29)32(31)35(44)40(23-14-9-10-15-24-41)33(37)36(45)39(22-7-3)26(4)16-6-2/h5,7,11-13,17-18,26,28-29,31-33,41H,1,3,6,8-10,14-16,19-25H2,2,4H3,(H,38,43)/t26?,28-,29-,31+,32+,33-,37+/m1/s1. The fourth-order valence-corrected chi connectivity index (χ4v) is 7.72. The van der Waals surface area contributed by atoms with Gasteiger partial charge in [0, 0.05) is 32.2 Å². The first-order chi connectivity index (χ1) is 22.7. The first-order valence-electron chi connectivity index (χ1n) is 17.4. The Hall–Kier alpha value is -3.50. The second kappa shape index (κ2) is 17.1. The van der Waals surface area contributed by atoms with Crippen LogP contribution in [0, 0.1) is 11.8 Å². The number of ether oxygens (including phenoxy) is 2. The molecule has 1 unspecified atom stereocenters. The Bertz CT molecular complexity index is 1260. The van der Waals surface area contributed by atoms with Crippen molar-refractivity contribution in [2.75, 3.05) is 26.3 Å². The topological polar surface area (TPSA) is 125 Å². The fraction of sp³-hybridized carbons (Fsp3) is 0.622. The average Bonchev–Trinajstić information content (AvgIpc) is 3.71. The maximum atomic E-state index is 14.5. The van der Waals surface area contributed by atoms with Crippen molar-refractivity contribution in [2.24, 2.45) is 11.8 Å². The highest BCUT2D eigenvalue weighted by Gasteiger charge is 2.74. The van der Waals surface area contributed by atoms with E-state index in [9.17, 15) is 24.3 Å². The number of nitrogens with one attached hydrogen (secondary N) is 1. The second-order valence-corrected chi connectivity index (χ2v) is 13.1. The van der Waals surface area contributed by atoms with Gasteiger partial charge in [-0.25, -0.2) is 0 Å². The Morgan fingerprint density at radius 3 is 2.60 bits per heavy atom. The van der Waals surface area contributed by atoms with Gasteiger partial charge in [0.25, 0.3) is 0 Å². The minimum Gasteiger partial charge on any atom is -0.463 e. The molecule has 3 aliphatic rings. The van der Waals surface area contributed by atoms with Gasteiger partial charge in [0.15, 0.2) is 0 Å². The van der Waals surface area contributed by atoms with Gasteiger partial charge in [-0.2, -0.15) is 0 Å². The lowest BCUT2D eigenvalue weighted by Gasteiger charge is -2.39. The molecule has 0 aliphatic carbocycles. The highest BCUT2D eigenvalue weighted by atomic mass is 16.5. The van der Waals surface area contributed by atoms with E-state index in [1.54, 1.807) is 22.0 Å². The highest BCUT2D eigenvalue weighted by Crippen LogP contribution is 2.58. The van der Waals surface area contributed by atoms with Crippen LogP contribution in [0.3, 0.4) is 0 Å². The Balaban J connectivity index is 1.62. The molecule has 3 saturated heterocycles. The summed E-state index contributed by atoms with van der Waals surface area (Å²) in [5.41, 5.74) is -0.326. The van der Waals surface area contributed by atoms with Crippen molar-refractivity contribution < 1.29 is 33.8 Å². The number of carbonyl (C=O) groups is 4. The molecule has 4 rings (SSSR count). The highest BCUT2D eigenvalue weighted by molar-refractivity contribution is 5.99. The van der Waals surface area contributed by atoms with Crippen LogP contribution < -0.4 is 5.32 Å². The molecule has 10 heteroatoms. The molecule has 3 aliphatic heterocycles. The Labute approximate surface area is 279 Å². The number of benzene rings is 1. The van der Waals surface area contributed by atoms with Gasteiger partial charge in [0.2, 0.25) is 17.7 Å². The number of hydrogen-bond acceptors (Lipinski definition) is 7. The predicted octanol–water partition coefficient (Wildman–Crippen LogP) is 4.48. The third-order valence-electron chi connectivity index (χ3n) is 9.97. The van der Waals surface area contributed by atoms with Crippen molar-refractivity contribution in [3.8, 4) is 0 Å². The number of aliphatic hydroxyl groups excluding tert-OH is 1. The maximum absolute atomic E-state index is 14.5. The number of fused-ring (bicyclic) bond motifs is 1. The average molecular weight is 652 g/mol. The minimum atomic E-state index is -1.10. The Kier molecular flexibility index (Phi) is 13.2. The molecule has 0 aromatic heterocycles. The molecule has 0 radical (unpaired) electrons. The third kappa shape index (κ3) is 7.97. The number of carbonyl (C=O) groups excluding carboxylic acids is 4. The number of esters is 1. The van der Waals surface area contributed by atoms with Crippen LogP contribution in [0.1, 0.15) is 89.7 Å². The molecule has 258 valence electrons. The Morgan fingerprint density at radius 2 is 1.91 bits per heavy atom. The first kappa shape index (κ1) is 36.3. The zero-order valence-corrected chi connectivity index (χ0v) is 28.1. The van der Waals surface area contributed by atoms with Gasteiger partial charge in [0.1, 0.15) is 18.2 Å². The van der Waals surface area contributed by atoms with E-state index in [2.05, 4.69) is 25.4 Å². The molecule has 1 aromatic carbocycles. The second-order valence-electron chi connectivity index (χ2n) is 13.1. The largest absolute Gasteiger partial charge is 0.463 e. The van der Waals surface area contributed by atoms with E-state index in [0.717, 1.165) is 31.2 Å². The summed E-state index contributed by atoms with van der Waals surface area (Å²) in [5, 5.41) is 12.3. The van der Waals surface area contributed by atoms with Crippen molar-refractivity contribution in [2.45, 2.75) is 108 Å². The van der Waals surface area contributed by atoms with Crippen molar-refractivity contribution in [1.82, 2.24) is 15.1 Å². The summed E-state index contributed by atoms with van der Waals surface area (Å²) in [6.45, 7) is 12.4. The summed E-state index contributed by atoms with van der Waals surface area (Å²) in [5.74, 6) is -2.69. The fourth-order valence-electron chi connectivity index (χ4n) is 7.72. The van der Waals surface area contributed by atoms with Crippen LogP contribution in [0.2, 0.25) is 0 Å². The number of aliphatic hydroxyl groups is 1. The van der Waals surface area contributed by atoms with E-state index in [4.69, 9.17) is 9.47 Å². The van der Waals surface area contributed by atoms with E-state index in [1.165, 1.54) is 0 Å². The molecule has 2 N–H and O–H groups in total. The van der Waals surface area contributed by atoms with Gasteiger partial charge < -0.3 is 29.7 Å². The summed E-state index contributed by atoms with van der Waals surface area (Å²) < 4.78 is 12.2. The molecule has 10 nitrogen and oxygen atoms in total. The van der Waals surface area contributed by atoms with E-state index in [-0.39, 0.29) is 49.4 Å². The van der Waals surface area contributed by atoms with Gasteiger partial charge in [-0.15, -0.1) is 13.2 Å². The van der Waals surface area contributed by atoms with Gasteiger partial charge in [0.05, 0.1) is 24.0 Å². The van der Waals surface area contributed by atoms with E-state index in [1.807, 2.05) is 37.3 Å². The van der Waals surface area contributed by atoms with Crippen LogP contribution in [0.25, 0.3) is 0 Å². The molecular formula is C37H53N3O7. The van der Waals surface area contributed by atoms with E-state index in [0.29, 0.717) is 45.2 Å². The van der Waals surface area contributed by atoms with Crippen LogP contribution in [0.15, 0.2) is 55.6 Å². The molecule has 3 heterocycles. The molecule has 0 saturated carbocycles. The summed E-state index contributed by atoms with van der Waals surface area (Å²) in [4.78, 5) is 59.0. The summed E-state index contributed by atoms with van der Waals surface area (Å²) in [6.07, 6.45) is 9.34. The van der Waals surface area contributed by atoms with Crippen molar-refractivity contribution in [3.63, 3.8) is 0 Å². The Morgan fingerprint density at radius 1 is 1.17 bits per heavy atom. The zero-order chi connectivity index (χ0) is 34.0. The van der Waals surface area contributed by atoms with Crippen molar-refractivity contribution in [1.29, 1.82) is 0 Å². The summed E-state index contributed by atoms with van der Waals surface area (Å²) in [7, 11) is 0. The molecule has 3 amide bonds. The predicted molar refractivity (Wildman–Crippen MR) is 179 cm³/mol. The molecule has 47 heavy (non-hydrogen) atoms. The number of amides is 3. The van der Waals surface area contributed by atoms with Gasteiger partial charge in [-0.3, -0.25) is 19.2 Å². The molecule has 1 aromatic rings. The molecular weight excluding hydrogens is 598 g/mol. The lowest BCUT2D eigenvalue weighted by Crippen LogP contribution is -2.58. The SMILES string of the molecule is C=CCCC(=O)OC[C@@H](NC(=O)[C@@H]1[C@H]2C(=O)N(CCCCCCO)[C@H](C(=O)N(CC=C)C(C)CCC)[C@]23CC[C@H]1O3)c1ccccc1. The normalized spacial score (nSPS) is 25.6. The van der Waals surface area contributed by atoms with Crippen LogP contribution in [0.4, 0.5) is 0 Å². The number of allylic oxidation sites excluding steroid dienone is 1. The molecule has 1 spiro atoms.